The molecule has 0 aliphatic rings. The van der Waals surface area contributed by atoms with Crippen molar-refractivity contribution >= 4 is 28.8 Å². The van der Waals surface area contributed by atoms with Gasteiger partial charge in [-0.2, -0.15) is 15.3 Å². The highest BCUT2D eigenvalue weighted by molar-refractivity contribution is 6.11. The van der Waals surface area contributed by atoms with Crippen molar-refractivity contribution in [1.29, 1.82) is 0 Å². The van der Waals surface area contributed by atoms with E-state index in [1.54, 1.807) is 42.5 Å². The summed E-state index contributed by atoms with van der Waals surface area (Å²) in [5.74, 6) is -0.856. The van der Waals surface area contributed by atoms with Crippen molar-refractivity contribution in [2.75, 3.05) is 10.6 Å². The van der Waals surface area contributed by atoms with Crippen LogP contribution < -0.4 is 10.6 Å². The summed E-state index contributed by atoms with van der Waals surface area (Å²) in [6, 6.07) is 3.29. The molecular weight excluding hydrogens is 374 g/mol. The number of anilines is 2. The Balaban J connectivity index is 1.61. The van der Waals surface area contributed by atoms with Crippen LogP contribution in [0.4, 0.5) is 11.4 Å². The molecule has 0 aliphatic heterocycles. The van der Waals surface area contributed by atoms with Crippen molar-refractivity contribution in [3.05, 3.63) is 54.0 Å². The van der Waals surface area contributed by atoms with Gasteiger partial charge in [0.1, 0.15) is 5.69 Å². The third-order valence-corrected chi connectivity index (χ3v) is 4.55. The number of carbonyl (C=O) groups excluding carboxylic acids is 2. The minimum absolute atomic E-state index is 0.183. The molecule has 29 heavy (non-hydrogen) atoms. The molecule has 0 saturated carbocycles. The molecule has 0 unspecified atom stereocenters. The summed E-state index contributed by atoms with van der Waals surface area (Å²) in [7, 11) is 1.79. The van der Waals surface area contributed by atoms with Crippen LogP contribution in [-0.4, -0.2) is 46.0 Å². The number of carbonyl (C=O) groups is 2. The van der Waals surface area contributed by atoms with E-state index in [1.165, 1.54) is 15.4 Å². The molecule has 2 N–H and O–H groups in total. The highest BCUT2D eigenvalue weighted by atomic mass is 16.2. The number of nitrogens with zero attached hydrogens (tertiary/aromatic N) is 7. The predicted octanol–water partition coefficient (Wildman–Crippen LogP) is 1.49. The summed E-state index contributed by atoms with van der Waals surface area (Å²) >= 11 is 0. The number of hydrogen-bond donors (Lipinski definition) is 2. The first kappa shape index (κ1) is 18.3. The summed E-state index contributed by atoms with van der Waals surface area (Å²) < 4.78 is 4.68. The fourth-order valence-corrected chi connectivity index (χ4v) is 2.89. The number of aromatic nitrogens is 7. The van der Waals surface area contributed by atoms with Crippen LogP contribution in [0.3, 0.4) is 0 Å². The zero-order valence-corrected chi connectivity index (χ0v) is 16.1. The van der Waals surface area contributed by atoms with Gasteiger partial charge >= 0.3 is 0 Å². The Bertz CT molecular complexity index is 1180. The van der Waals surface area contributed by atoms with Crippen LogP contribution in [0.5, 0.6) is 0 Å². The van der Waals surface area contributed by atoms with Crippen LogP contribution in [0.1, 0.15) is 33.6 Å². The quantitative estimate of drug-likeness (QED) is 0.529. The molecule has 0 radical (unpaired) electrons. The summed E-state index contributed by atoms with van der Waals surface area (Å²) in [6.07, 6.45) is 6.33. The van der Waals surface area contributed by atoms with E-state index in [2.05, 4.69) is 30.9 Å². The SMILES string of the molecule is CCn1ncc(NC(=O)c2cc3ncccn3n2)c1C(=O)Nc1cnn(C)c1C. The van der Waals surface area contributed by atoms with Crippen molar-refractivity contribution in [2.24, 2.45) is 7.05 Å². The van der Waals surface area contributed by atoms with Crippen molar-refractivity contribution in [1.82, 2.24) is 34.2 Å². The van der Waals surface area contributed by atoms with Crippen LogP contribution in [-0.2, 0) is 13.6 Å². The monoisotopic (exact) mass is 393 g/mol. The first-order valence-corrected chi connectivity index (χ1v) is 8.95. The topological polar surface area (TPSA) is 124 Å². The van der Waals surface area contributed by atoms with Crippen molar-refractivity contribution in [3.8, 4) is 0 Å². The van der Waals surface area contributed by atoms with Gasteiger partial charge in [-0.15, -0.1) is 0 Å². The lowest BCUT2D eigenvalue weighted by Gasteiger charge is -2.09. The average Bonchev–Trinajstić information content (AvgIpc) is 3.41. The van der Waals surface area contributed by atoms with Gasteiger partial charge in [-0.3, -0.25) is 19.0 Å². The molecule has 0 atom stereocenters. The lowest BCUT2D eigenvalue weighted by Crippen LogP contribution is -2.21. The van der Waals surface area contributed by atoms with E-state index in [4.69, 9.17) is 0 Å². The second-order valence-corrected chi connectivity index (χ2v) is 6.35. The third kappa shape index (κ3) is 3.33. The molecule has 148 valence electrons. The standard InChI is InChI=1S/C18H19N9O2/c1-4-26-16(18(29)22-13-9-20-25(3)11(13)2)14(10-21-26)23-17(28)12-8-15-19-6-5-7-27(15)24-12/h5-10H,4H2,1-3H3,(H,22,29)(H,23,28). The minimum atomic E-state index is -0.460. The molecule has 4 aromatic heterocycles. The molecule has 0 spiro atoms. The van der Waals surface area contributed by atoms with Gasteiger partial charge in [0.25, 0.3) is 11.8 Å². The van der Waals surface area contributed by atoms with E-state index >= 15 is 0 Å². The van der Waals surface area contributed by atoms with Gasteiger partial charge in [0.2, 0.25) is 0 Å². The summed E-state index contributed by atoms with van der Waals surface area (Å²) in [5, 5.41) is 18.1. The third-order valence-electron chi connectivity index (χ3n) is 4.55. The maximum Gasteiger partial charge on any atom is 0.276 e. The smallest absolute Gasteiger partial charge is 0.276 e. The first-order valence-electron chi connectivity index (χ1n) is 8.95. The Morgan fingerprint density at radius 1 is 1.10 bits per heavy atom. The summed E-state index contributed by atoms with van der Waals surface area (Å²) in [5.41, 5.74) is 2.66. The lowest BCUT2D eigenvalue weighted by molar-refractivity contribution is 0.101. The molecule has 0 aromatic carbocycles. The molecule has 11 heteroatoms. The van der Waals surface area contributed by atoms with E-state index < -0.39 is 11.8 Å². The Hall–Kier alpha value is -4.02. The van der Waals surface area contributed by atoms with Crippen LogP contribution >= 0.6 is 0 Å². The number of rotatable bonds is 5. The number of amides is 2. The Labute approximate surface area is 165 Å². The van der Waals surface area contributed by atoms with E-state index in [-0.39, 0.29) is 11.4 Å². The number of fused-ring (bicyclic) bond motifs is 1. The average molecular weight is 393 g/mol. The Kier molecular flexibility index (Phi) is 4.55. The van der Waals surface area contributed by atoms with Gasteiger partial charge in [0.05, 0.1) is 29.5 Å². The van der Waals surface area contributed by atoms with Crippen molar-refractivity contribution in [3.63, 3.8) is 0 Å². The van der Waals surface area contributed by atoms with Gasteiger partial charge in [-0.05, 0) is 19.9 Å². The van der Waals surface area contributed by atoms with Gasteiger partial charge in [0, 0.05) is 32.1 Å². The van der Waals surface area contributed by atoms with Gasteiger partial charge in [0.15, 0.2) is 11.3 Å². The maximum absolute atomic E-state index is 12.9. The van der Waals surface area contributed by atoms with Crippen molar-refractivity contribution < 1.29 is 9.59 Å². The van der Waals surface area contributed by atoms with Gasteiger partial charge in [-0.25, -0.2) is 9.50 Å². The fourth-order valence-electron chi connectivity index (χ4n) is 2.89. The van der Waals surface area contributed by atoms with E-state index in [1.807, 2.05) is 13.8 Å². The molecule has 2 amide bonds. The molecular formula is C18H19N9O2. The van der Waals surface area contributed by atoms with Crippen molar-refractivity contribution in [2.45, 2.75) is 20.4 Å². The maximum atomic E-state index is 12.9. The van der Waals surface area contributed by atoms with E-state index in [0.717, 1.165) is 5.69 Å². The van der Waals surface area contributed by atoms with E-state index in [0.29, 0.717) is 23.6 Å². The second-order valence-electron chi connectivity index (χ2n) is 6.35. The summed E-state index contributed by atoms with van der Waals surface area (Å²) in [6.45, 7) is 4.17. The number of hydrogen-bond acceptors (Lipinski definition) is 6. The normalized spacial score (nSPS) is 11.0. The number of aryl methyl sites for hydroxylation is 2. The fraction of sp³-hybridized carbons (Fsp3) is 0.222. The predicted molar refractivity (Wildman–Crippen MR) is 105 cm³/mol. The van der Waals surface area contributed by atoms with Crippen LogP contribution in [0.25, 0.3) is 5.65 Å². The molecule has 0 bridgehead atoms. The minimum Gasteiger partial charge on any atom is -0.318 e. The Morgan fingerprint density at radius 3 is 2.55 bits per heavy atom. The highest BCUT2D eigenvalue weighted by Gasteiger charge is 2.22. The molecule has 11 nitrogen and oxygen atoms in total. The highest BCUT2D eigenvalue weighted by Crippen LogP contribution is 2.20. The molecule has 4 heterocycles. The zero-order chi connectivity index (χ0) is 20.5. The first-order chi connectivity index (χ1) is 14.0. The molecule has 4 aromatic rings. The Morgan fingerprint density at radius 2 is 1.86 bits per heavy atom. The van der Waals surface area contributed by atoms with Crippen LogP contribution in [0.2, 0.25) is 0 Å². The van der Waals surface area contributed by atoms with Crippen LogP contribution in [0, 0.1) is 6.92 Å². The number of nitrogens with one attached hydrogen (secondary N) is 2. The summed E-state index contributed by atoms with van der Waals surface area (Å²) in [4.78, 5) is 29.7. The van der Waals surface area contributed by atoms with E-state index in [9.17, 15) is 9.59 Å². The lowest BCUT2D eigenvalue weighted by atomic mass is 10.3. The molecule has 0 aliphatic carbocycles. The molecule has 0 saturated heterocycles. The van der Waals surface area contributed by atoms with Gasteiger partial charge in [-0.1, -0.05) is 0 Å². The molecule has 0 fully saturated rings. The van der Waals surface area contributed by atoms with Gasteiger partial charge < -0.3 is 10.6 Å². The largest absolute Gasteiger partial charge is 0.318 e. The molecule has 4 rings (SSSR count). The van der Waals surface area contributed by atoms with Crippen LogP contribution in [0.15, 0.2) is 36.9 Å². The second kappa shape index (κ2) is 7.19. The zero-order valence-electron chi connectivity index (χ0n) is 16.1.